The lowest BCUT2D eigenvalue weighted by molar-refractivity contribution is -0.120. The number of hydrogen-bond donors (Lipinski definition) is 2. The van der Waals surface area contributed by atoms with Crippen LogP contribution in [0.5, 0.6) is 0 Å². The summed E-state index contributed by atoms with van der Waals surface area (Å²) >= 11 is 0. The number of rotatable bonds is 6. The molecule has 0 fully saturated rings. The van der Waals surface area contributed by atoms with Crippen molar-refractivity contribution in [1.29, 1.82) is 0 Å². The molecule has 0 saturated carbocycles. The van der Waals surface area contributed by atoms with Gasteiger partial charge in [-0.1, -0.05) is 12.1 Å². The molecule has 0 aliphatic heterocycles. The molecule has 1 atom stereocenters. The minimum absolute atomic E-state index is 0.0587. The first-order chi connectivity index (χ1) is 10.2. The molecule has 21 heavy (non-hydrogen) atoms. The van der Waals surface area contributed by atoms with Crippen molar-refractivity contribution in [2.75, 3.05) is 11.9 Å². The number of amides is 1. The van der Waals surface area contributed by atoms with Crippen molar-refractivity contribution in [3.63, 3.8) is 0 Å². The summed E-state index contributed by atoms with van der Waals surface area (Å²) in [7, 11) is 0. The molecule has 1 aromatic carbocycles. The van der Waals surface area contributed by atoms with Gasteiger partial charge in [-0.25, -0.2) is 0 Å². The van der Waals surface area contributed by atoms with Crippen LogP contribution in [0.15, 0.2) is 48.8 Å². The van der Waals surface area contributed by atoms with E-state index in [1.165, 1.54) is 5.56 Å². The van der Waals surface area contributed by atoms with E-state index in [2.05, 4.69) is 22.5 Å². The van der Waals surface area contributed by atoms with E-state index in [-0.39, 0.29) is 11.9 Å². The van der Waals surface area contributed by atoms with E-state index in [4.69, 9.17) is 0 Å². The van der Waals surface area contributed by atoms with Gasteiger partial charge in [-0.05, 0) is 49.2 Å². The topological polar surface area (TPSA) is 54.0 Å². The summed E-state index contributed by atoms with van der Waals surface area (Å²) in [6.07, 6.45) is 4.01. The molecular formula is C17H21N3O. The lowest BCUT2D eigenvalue weighted by Gasteiger charge is -2.15. The van der Waals surface area contributed by atoms with Crippen molar-refractivity contribution in [3.8, 4) is 0 Å². The molecule has 1 aromatic heterocycles. The number of nitrogens with one attached hydrogen (secondary N) is 2. The van der Waals surface area contributed by atoms with Crippen LogP contribution in [0.1, 0.15) is 31.0 Å². The Morgan fingerprint density at radius 2 is 1.81 bits per heavy atom. The lowest BCUT2D eigenvalue weighted by atomic mass is 10.1. The molecule has 110 valence electrons. The minimum Gasteiger partial charge on any atom is -0.379 e. The fourth-order valence-electron chi connectivity index (χ4n) is 2.15. The smallest absolute Gasteiger partial charge is 0.224 e. The Kier molecular flexibility index (Phi) is 5.32. The van der Waals surface area contributed by atoms with Gasteiger partial charge in [0, 0.05) is 30.7 Å². The van der Waals surface area contributed by atoms with Crippen molar-refractivity contribution >= 4 is 11.6 Å². The molecule has 0 aliphatic rings. The number of benzene rings is 1. The van der Waals surface area contributed by atoms with Gasteiger partial charge in [-0.3, -0.25) is 9.78 Å². The van der Waals surface area contributed by atoms with Crippen molar-refractivity contribution in [1.82, 2.24) is 10.3 Å². The third kappa shape index (κ3) is 4.60. The van der Waals surface area contributed by atoms with Gasteiger partial charge in [0.2, 0.25) is 5.91 Å². The van der Waals surface area contributed by atoms with Crippen LogP contribution in [0.4, 0.5) is 5.69 Å². The van der Waals surface area contributed by atoms with Gasteiger partial charge in [-0.15, -0.1) is 0 Å². The molecule has 1 amide bonds. The summed E-state index contributed by atoms with van der Waals surface area (Å²) < 4.78 is 0. The second kappa shape index (κ2) is 7.43. The number of aromatic nitrogens is 1. The van der Waals surface area contributed by atoms with Gasteiger partial charge < -0.3 is 10.6 Å². The third-order valence-corrected chi connectivity index (χ3v) is 3.28. The quantitative estimate of drug-likeness (QED) is 0.857. The van der Waals surface area contributed by atoms with E-state index < -0.39 is 0 Å². The second-order valence-corrected chi connectivity index (χ2v) is 4.97. The molecule has 2 rings (SSSR count). The van der Waals surface area contributed by atoms with Crippen LogP contribution in [0.25, 0.3) is 0 Å². The van der Waals surface area contributed by atoms with Gasteiger partial charge in [0.25, 0.3) is 0 Å². The van der Waals surface area contributed by atoms with Crippen LogP contribution >= 0.6 is 0 Å². The predicted octanol–water partition coefficient (Wildman–Crippen LogP) is 2.93. The Balaban J connectivity index is 1.95. The van der Waals surface area contributed by atoms with Crippen molar-refractivity contribution in [3.05, 3.63) is 59.9 Å². The zero-order chi connectivity index (χ0) is 15.1. The molecule has 1 heterocycles. The number of pyridine rings is 1. The number of hydrogen-bond acceptors (Lipinski definition) is 3. The van der Waals surface area contributed by atoms with Gasteiger partial charge >= 0.3 is 0 Å². The molecule has 0 bridgehead atoms. The second-order valence-electron chi connectivity index (χ2n) is 4.97. The van der Waals surface area contributed by atoms with Gasteiger partial charge in [0.05, 0.1) is 6.42 Å². The zero-order valence-corrected chi connectivity index (χ0v) is 12.5. The van der Waals surface area contributed by atoms with E-state index >= 15 is 0 Å². The first-order valence-corrected chi connectivity index (χ1v) is 7.21. The van der Waals surface area contributed by atoms with E-state index in [1.54, 1.807) is 12.4 Å². The van der Waals surface area contributed by atoms with Gasteiger partial charge in [0.15, 0.2) is 0 Å². The molecule has 0 spiro atoms. The van der Waals surface area contributed by atoms with Gasteiger partial charge in [0.1, 0.15) is 0 Å². The SMILES string of the molecule is CCNC(=O)Cc1ccc(NC(C)c2ccncc2)cc1. The van der Waals surface area contributed by atoms with Crippen LogP contribution in [0, 0.1) is 0 Å². The molecule has 0 saturated heterocycles. The highest BCUT2D eigenvalue weighted by Gasteiger charge is 2.05. The van der Waals surface area contributed by atoms with E-state index in [0.29, 0.717) is 13.0 Å². The Bertz CT molecular complexity index is 566. The standard InChI is InChI=1S/C17H21N3O/c1-3-19-17(21)12-14-4-6-16(7-5-14)20-13(2)15-8-10-18-11-9-15/h4-11,13,20H,3,12H2,1-2H3,(H,19,21). The molecular weight excluding hydrogens is 262 g/mol. The number of carbonyl (C=O) groups is 1. The van der Waals surface area contributed by atoms with E-state index in [1.807, 2.05) is 43.3 Å². The summed E-state index contributed by atoms with van der Waals surface area (Å²) in [5.41, 5.74) is 3.25. The Morgan fingerprint density at radius 3 is 2.43 bits per heavy atom. The lowest BCUT2D eigenvalue weighted by Crippen LogP contribution is -2.24. The number of carbonyl (C=O) groups excluding carboxylic acids is 1. The Labute approximate surface area is 125 Å². The highest BCUT2D eigenvalue weighted by Crippen LogP contribution is 2.19. The van der Waals surface area contributed by atoms with Crippen LogP contribution in [-0.4, -0.2) is 17.4 Å². The first-order valence-electron chi connectivity index (χ1n) is 7.21. The van der Waals surface area contributed by atoms with Crippen LogP contribution in [-0.2, 0) is 11.2 Å². The molecule has 4 nitrogen and oxygen atoms in total. The largest absolute Gasteiger partial charge is 0.379 e. The monoisotopic (exact) mass is 283 g/mol. The summed E-state index contributed by atoms with van der Waals surface area (Å²) in [5, 5.41) is 6.24. The van der Waals surface area contributed by atoms with Crippen LogP contribution in [0.2, 0.25) is 0 Å². The summed E-state index contributed by atoms with van der Waals surface area (Å²) in [6, 6.07) is 12.2. The summed E-state index contributed by atoms with van der Waals surface area (Å²) in [6.45, 7) is 4.70. The maximum Gasteiger partial charge on any atom is 0.224 e. The van der Waals surface area contributed by atoms with Crippen molar-refractivity contribution < 1.29 is 4.79 Å². The third-order valence-electron chi connectivity index (χ3n) is 3.28. The molecule has 2 aromatic rings. The first kappa shape index (κ1) is 15.0. The van der Waals surface area contributed by atoms with Crippen LogP contribution in [0.3, 0.4) is 0 Å². The van der Waals surface area contributed by atoms with Gasteiger partial charge in [-0.2, -0.15) is 0 Å². The average Bonchev–Trinajstić information content (AvgIpc) is 2.50. The normalized spacial score (nSPS) is 11.7. The van der Waals surface area contributed by atoms with Crippen molar-refractivity contribution in [2.24, 2.45) is 0 Å². The molecule has 2 N–H and O–H groups in total. The molecule has 0 aliphatic carbocycles. The Morgan fingerprint density at radius 1 is 1.14 bits per heavy atom. The average molecular weight is 283 g/mol. The number of nitrogens with zero attached hydrogens (tertiary/aromatic N) is 1. The van der Waals surface area contributed by atoms with Crippen LogP contribution < -0.4 is 10.6 Å². The maximum atomic E-state index is 11.5. The highest BCUT2D eigenvalue weighted by molar-refractivity contribution is 5.78. The number of anilines is 1. The molecule has 4 heteroatoms. The molecule has 0 radical (unpaired) electrons. The fourth-order valence-corrected chi connectivity index (χ4v) is 2.15. The summed E-state index contributed by atoms with van der Waals surface area (Å²) in [4.78, 5) is 15.6. The fraction of sp³-hybridized carbons (Fsp3) is 0.294. The predicted molar refractivity (Wildman–Crippen MR) is 85.1 cm³/mol. The zero-order valence-electron chi connectivity index (χ0n) is 12.5. The van der Waals surface area contributed by atoms with E-state index in [0.717, 1.165) is 11.3 Å². The van der Waals surface area contributed by atoms with Crippen molar-refractivity contribution in [2.45, 2.75) is 26.3 Å². The maximum absolute atomic E-state index is 11.5. The number of likely N-dealkylation sites (N-methyl/N-ethyl adjacent to an activating group) is 1. The minimum atomic E-state index is 0.0587. The molecule has 1 unspecified atom stereocenters. The highest BCUT2D eigenvalue weighted by atomic mass is 16.1. The Hall–Kier alpha value is -2.36. The summed E-state index contributed by atoms with van der Waals surface area (Å²) in [5.74, 6) is 0.0587. The van der Waals surface area contributed by atoms with E-state index in [9.17, 15) is 4.79 Å².